The van der Waals surface area contributed by atoms with Gasteiger partial charge in [-0.3, -0.25) is 0 Å². The van der Waals surface area contributed by atoms with E-state index in [-0.39, 0.29) is 21.4 Å². The zero-order chi connectivity index (χ0) is 82.4. The second-order valence-corrected chi connectivity index (χ2v) is 33.1. The van der Waals surface area contributed by atoms with Crippen LogP contribution < -0.4 is 57.0 Å². The predicted octanol–water partition coefficient (Wildman–Crippen LogP) is 25.0. The Morgan fingerprint density at radius 1 is 0.207 bits per heavy atom. The summed E-state index contributed by atoms with van der Waals surface area (Å²) >= 11 is 0. The Labute approximate surface area is 713 Å². The van der Waals surface area contributed by atoms with E-state index in [0.717, 1.165) is 5.82 Å². The van der Waals surface area contributed by atoms with Crippen LogP contribution in [-0.4, -0.2) is 21.4 Å². The molecule has 0 radical (unpaired) electrons. The first-order valence-electron chi connectivity index (χ1n) is 42.4. The van der Waals surface area contributed by atoms with Crippen molar-refractivity contribution >= 4 is 124 Å². The number of rotatable bonds is 12. The first-order chi connectivity index (χ1) is 59.2. The second-order valence-electron chi connectivity index (χ2n) is 33.1. The molecule has 0 saturated heterocycles. The minimum Gasteiger partial charge on any atom is -0.320 e. The van der Waals surface area contributed by atoms with Gasteiger partial charge in [-0.2, -0.15) is 0 Å². The minimum absolute atomic E-state index is 0.0375. The van der Waals surface area contributed by atoms with Gasteiger partial charge in [0.2, 0.25) is 0 Å². The van der Waals surface area contributed by atoms with Crippen LogP contribution in [0.25, 0.3) is 44.5 Å². The summed E-state index contributed by atoms with van der Waals surface area (Å²) < 4.78 is 6.73. The van der Waals surface area contributed by atoms with Crippen molar-refractivity contribution in [3.05, 3.63) is 404 Å². The summed E-state index contributed by atoms with van der Waals surface area (Å²) in [4.78, 5) is 22.9. The number of aryl methyl sites for hydroxylation is 7. The maximum absolute atomic E-state index is 2.60. The molecule has 0 amide bonds. The predicted molar refractivity (Wildman–Crippen MR) is 506 cm³/mol. The van der Waals surface area contributed by atoms with Crippen molar-refractivity contribution in [3.63, 3.8) is 0 Å². The van der Waals surface area contributed by atoms with Crippen LogP contribution in [0.1, 0.15) is 72.9 Å². The zero-order valence-electron chi connectivity index (χ0n) is 70.5. The molecular formula is C106H96B3N12+3. The Balaban J connectivity index is 0.000000116. The first-order valence-corrected chi connectivity index (χ1v) is 42.4. The molecule has 0 unspecified atom stereocenters. The van der Waals surface area contributed by atoms with Gasteiger partial charge < -0.3 is 28.9 Å². The van der Waals surface area contributed by atoms with Gasteiger partial charge in [-0.15, -0.1) is 0 Å². The Morgan fingerprint density at radius 2 is 0.496 bits per heavy atom. The van der Waals surface area contributed by atoms with Crippen LogP contribution in [0.5, 0.6) is 0 Å². The minimum atomic E-state index is -0.145. The highest BCUT2D eigenvalue weighted by Crippen LogP contribution is 2.63. The van der Waals surface area contributed by atoms with Gasteiger partial charge in [-0.25, -0.2) is 28.1 Å². The van der Waals surface area contributed by atoms with Gasteiger partial charge in [0.25, 0.3) is 17.5 Å². The summed E-state index contributed by atoms with van der Waals surface area (Å²) in [5.74, 6) is 4.32. The number of para-hydroxylation sites is 12. The first kappa shape index (κ1) is 75.5. The molecule has 0 spiro atoms. The molecule has 0 bridgehead atoms. The van der Waals surface area contributed by atoms with E-state index in [0.29, 0.717) is 11.8 Å². The Kier molecular flexibility index (Phi) is 19.3. The quantitative estimate of drug-likeness (QED) is 0.0879. The van der Waals surface area contributed by atoms with Gasteiger partial charge in [0, 0.05) is 51.4 Å². The zero-order valence-corrected chi connectivity index (χ0v) is 70.5. The topological polar surface area (TPSA) is 40.8 Å². The fraction of sp³-hybridized carbons (Fsp3) is 0.123. The lowest BCUT2D eigenvalue weighted by atomic mass is 9.82. The molecule has 0 N–H and O–H groups in total. The average Bonchev–Trinajstić information content (AvgIpc) is 1.55. The maximum atomic E-state index is 2.60. The van der Waals surface area contributed by atoms with E-state index in [1.54, 1.807) is 0 Å². The monoisotopic (exact) mass is 1570 g/mol. The van der Waals surface area contributed by atoms with E-state index >= 15 is 0 Å². The van der Waals surface area contributed by atoms with Gasteiger partial charge in [-0.1, -0.05) is 295 Å². The summed E-state index contributed by atoms with van der Waals surface area (Å²) in [7, 11) is 6.12. The van der Waals surface area contributed by atoms with E-state index < -0.39 is 0 Å². The van der Waals surface area contributed by atoms with Crippen molar-refractivity contribution in [1.29, 1.82) is 0 Å². The number of fused-ring (bicyclic) bond motifs is 15. The third kappa shape index (κ3) is 12.4. The molecule has 121 heavy (non-hydrogen) atoms. The van der Waals surface area contributed by atoms with Gasteiger partial charge in [0.05, 0.1) is 85.2 Å². The van der Waals surface area contributed by atoms with E-state index in [2.05, 4.69) is 504 Å². The van der Waals surface area contributed by atoms with Crippen LogP contribution in [0.15, 0.2) is 370 Å². The van der Waals surface area contributed by atoms with Crippen molar-refractivity contribution in [1.82, 2.24) is 0 Å². The van der Waals surface area contributed by atoms with Crippen molar-refractivity contribution in [2.75, 3.05) is 43.3 Å². The third-order valence-electron chi connectivity index (χ3n) is 25.1. The molecule has 3 aromatic heterocycles. The van der Waals surface area contributed by atoms with E-state index in [4.69, 9.17) is 0 Å². The standard InChI is InChI=1S/C38H32BN4.C37H30BN4.C31H34BN4/c1-27-15-10-11-22-33(27)43-38-36(28(2)25-26-40(38)3)41-34-23-12-13-24-35(34)42(39(41)43)37-31(29-16-6-4-7-17-29)20-14-21-32(37)30-18-8-5-9-19-30;1-27-15-13-24-34-36(27)42(35-25-11-12-26-39(35)2)38-40(34)32-22-9-10-23-33(32)41(38)37-30(28-16-5-3-6-17-28)20-14-21-31(37)29-18-7-4-8-19-29;1-21(2)24-14-12-15-25(22(3)4)31(24)35-27-17-8-7-16-26(27)34-28-18-11-13-23(5)30(28)36(32(34)35)29-19-9-10-20-33(29)6/h4-26H,1-3H3;3-26H,1-2H3;7-22H,1-6H3/q3*+1. The SMILES string of the molecule is Cc1cccc2c1N(c1cccc[n+]1C)B1N2c2ccccc2N1c1c(-c2ccccc2)cccc1-c1ccccc1.Cc1cccc2c1N(c1cccc[n+]1C)B1N2c2ccccc2N1c1c(C(C)C)cccc1C(C)C.Cc1ccccc1N1B2N(c3c(-c4ccccc4)cccc3-c3ccccc3)c3ccccc3N2c2c(C)cc[n+](C)c21. The molecule has 586 valence electrons. The van der Waals surface area contributed by atoms with Gasteiger partial charge in [0.1, 0.15) is 22.7 Å². The molecule has 0 saturated carbocycles. The molecule has 22 rings (SSSR count). The maximum Gasteiger partial charge on any atom is 0.644 e. The number of hydrogen-bond acceptors (Lipinski definition) is 9. The Morgan fingerprint density at radius 3 is 0.868 bits per heavy atom. The molecule has 16 aromatic rings. The van der Waals surface area contributed by atoms with Crippen molar-refractivity contribution in [2.45, 2.75) is 67.2 Å². The lowest BCUT2D eigenvalue weighted by molar-refractivity contribution is -0.658. The van der Waals surface area contributed by atoms with Crippen LogP contribution in [0.4, 0.5) is 103 Å². The summed E-state index contributed by atoms with van der Waals surface area (Å²) in [5.41, 5.74) is 35.9. The largest absolute Gasteiger partial charge is 0.644 e. The average molecular weight is 1570 g/mol. The number of aromatic nitrogens is 3. The summed E-state index contributed by atoms with van der Waals surface area (Å²) in [6.45, 7) is 18.1. The molecule has 6 aliphatic heterocycles. The fourth-order valence-corrected chi connectivity index (χ4v) is 19.7. The number of hydrogen-bond donors (Lipinski definition) is 0. The van der Waals surface area contributed by atoms with E-state index in [1.165, 1.54) is 175 Å². The molecule has 0 fully saturated rings. The van der Waals surface area contributed by atoms with Gasteiger partial charge in [-0.05, 0) is 168 Å². The lowest BCUT2D eigenvalue weighted by Crippen LogP contribution is -2.55. The number of nitrogens with zero attached hydrogens (tertiary/aromatic N) is 12. The Bertz CT molecular complexity index is 6510. The smallest absolute Gasteiger partial charge is 0.320 e. The summed E-state index contributed by atoms with van der Waals surface area (Å²) in [6, 6.07) is 127. The van der Waals surface area contributed by atoms with Crippen LogP contribution >= 0.6 is 0 Å². The number of pyridine rings is 3. The molecule has 13 aromatic carbocycles. The van der Waals surface area contributed by atoms with Crippen molar-refractivity contribution in [3.8, 4) is 44.5 Å². The van der Waals surface area contributed by atoms with E-state index in [9.17, 15) is 0 Å². The Hall–Kier alpha value is -14.3. The summed E-state index contributed by atoms with van der Waals surface area (Å²) in [5, 5.41) is 0. The highest BCUT2D eigenvalue weighted by Gasteiger charge is 2.65. The third-order valence-corrected chi connectivity index (χ3v) is 25.1. The molecule has 0 atom stereocenters. The molecular weight excluding hydrogens is 1470 g/mol. The highest BCUT2D eigenvalue weighted by molar-refractivity contribution is 6.82. The highest BCUT2D eigenvalue weighted by atomic mass is 15.5. The van der Waals surface area contributed by atoms with Crippen LogP contribution in [0.3, 0.4) is 0 Å². The summed E-state index contributed by atoms with van der Waals surface area (Å²) in [6.07, 6.45) is 6.46. The lowest BCUT2D eigenvalue weighted by Gasteiger charge is -2.32. The molecule has 6 aliphatic rings. The van der Waals surface area contributed by atoms with Crippen LogP contribution in [0.2, 0.25) is 0 Å². The van der Waals surface area contributed by atoms with E-state index in [1.807, 2.05) is 0 Å². The molecule has 9 heterocycles. The van der Waals surface area contributed by atoms with Crippen molar-refractivity contribution < 1.29 is 13.7 Å². The second kappa shape index (κ2) is 30.9. The molecule has 12 nitrogen and oxygen atoms in total. The molecule has 0 aliphatic carbocycles. The van der Waals surface area contributed by atoms with Crippen molar-refractivity contribution in [2.24, 2.45) is 21.1 Å². The molecule has 15 heteroatoms. The van der Waals surface area contributed by atoms with Gasteiger partial charge in [0.15, 0.2) is 0 Å². The fourth-order valence-electron chi connectivity index (χ4n) is 19.7. The van der Waals surface area contributed by atoms with Crippen LogP contribution in [0, 0.1) is 27.7 Å². The normalized spacial score (nSPS) is 13.5. The van der Waals surface area contributed by atoms with Gasteiger partial charge >= 0.3 is 21.4 Å². The van der Waals surface area contributed by atoms with Crippen LogP contribution in [-0.2, 0) is 21.1 Å². The number of benzene rings is 13. The number of anilines is 18.